The van der Waals surface area contributed by atoms with Crippen LogP contribution in [-0.4, -0.2) is 18.9 Å². The minimum absolute atomic E-state index is 0. The van der Waals surface area contributed by atoms with Crippen LogP contribution in [0.5, 0.6) is 0 Å². The van der Waals surface area contributed by atoms with Crippen molar-refractivity contribution in [3.63, 3.8) is 0 Å². The van der Waals surface area contributed by atoms with Gasteiger partial charge in [0.1, 0.15) is 5.78 Å². The molecule has 0 atom stereocenters. The summed E-state index contributed by atoms with van der Waals surface area (Å²) in [5, 5.41) is 3.22. The largest absolute Gasteiger partial charge is 0.317 e. The van der Waals surface area contributed by atoms with Crippen LogP contribution < -0.4 is 5.32 Å². The first-order valence-electron chi connectivity index (χ1n) is 3.52. The SMILES string of the molecule is CC(=O)C1CCNCC1.[HH]. The molecule has 2 heteroatoms. The van der Waals surface area contributed by atoms with Gasteiger partial charge in [0.05, 0.1) is 0 Å². The lowest BCUT2D eigenvalue weighted by Gasteiger charge is -2.19. The highest BCUT2D eigenvalue weighted by Crippen LogP contribution is 2.11. The zero-order chi connectivity index (χ0) is 6.69. The number of nitrogens with one attached hydrogen (secondary N) is 1. The summed E-state index contributed by atoms with van der Waals surface area (Å²) >= 11 is 0. The summed E-state index contributed by atoms with van der Waals surface area (Å²) in [6.45, 7) is 3.73. The summed E-state index contributed by atoms with van der Waals surface area (Å²) in [5.74, 6) is 0.711. The van der Waals surface area contributed by atoms with E-state index in [0.717, 1.165) is 25.9 Å². The van der Waals surface area contributed by atoms with E-state index in [2.05, 4.69) is 5.32 Å². The minimum Gasteiger partial charge on any atom is -0.317 e. The number of ketones is 1. The fraction of sp³-hybridized carbons (Fsp3) is 0.857. The Morgan fingerprint density at radius 1 is 1.56 bits per heavy atom. The van der Waals surface area contributed by atoms with Crippen LogP contribution in [0.15, 0.2) is 0 Å². The molecule has 1 N–H and O–H groups in total. The van der Waals surface area contributed by atoms with Crippen molar-refractivity contribution < 1.29 is 6.22 Å². The van der Waals surface area contributed by atoms with Crippen LogP contribution in [-0.2, 0) is 4.79 Å². The molecule has 0 unspecified atom stereocenters. The molecule has 1 saturated heterocycles. The monoisotopic (exact) mass is 129 g/mol. The van der Waals surface area contributed by atoms with Crippen LogP contribution >= 0.6 is 0 Å². The van der Waals surface area contributed by atoms with E-state index in [0.29, 0.717) is 11.7 Å². The maximum absolute atomic E-state index is 10.8. The molecule has 1 aliphatic rings. The second-order valence-electron chi connectivity index (χ2n) is 2.63. The van der Waals surface area contributed by atoms with E-state index in [1.807, 2.05) is 0 Å². The summed E-state index contributed by atoms with van der Waals surface area (Å²) in [7, 11) is 0. The fourth-order valence-electron chi connectivity index (χ4n) is 1.23. The van der Waals surface area contributed by atoms with Gasteiger partial charge in [-0.1, -0.05) is 0 Å². The third kappa shape index (κ3) is 1.79. The first kappa shape index (κ1) is 6.75. The van der Waals surface area contributed by atoms with Crippen molar-refractivity contribution in [1.29, 1.82) is 0 Å². The smallest absolute Gasteiger partial charge is 0.133 e. The van der Waals surface area contributed by atoms with E-state index >= 15 is 0 Å². The molecule has 0 aromatic rings. The number of Topliss-reactive ketones (excluding diaryl/α,β-unsaturated/α-hetero) is 1. The van der Waals surface area contributed by atoms with Gasteiger partial charge in [0.15, 0.2) is 0 Å². The Balaban J connectivity index is 0.000000810. The van der Waals surface area contributed by atoms with Crippen LogP contribution in [0.25, 0.3) is 0 Å². The minimum atomic E-state index is 0. The van der Waals surface area contributed by atoms with Gasteiger partial charge in [-0.3, -0.25) is 4.79 Å². The molecule has 54 valence electrons. The van der Waals surface area contributed by atoms with Gasteiger partial charge in [0.2, 0.25) is 0 Å². The Morgan fingerprint density at radius 2 is 2.11 bits per heavy atom. The molecule has 0 aliphatic carbocycles. The Hall–Kier alpha value is -0.370. The average Bonchev–Trinajstić information content (AvgIpc) is 1.90. The average molecular weight is 129 g/mol. The van der Waals surface area contributed by atoms with Gasteiger partial charge in [0.25, 0.3) is 0 Å². The van der Waals surface area contributed by atoms with Gasteiger partial charge >= 0.3 is 0 Å². The molecule has 1 fully saturated rings. The number of carbonyl (C=O) groups excluding carboxylic acids is 1. The zero-order valence-electron chi connectivity index (χ0n) is 5.81. The maximum atomic E-state index is 10.8. The molecule has 1 heterocycles. The van der Waals surface area contributed by atoms with E-state index in [4.69, 9.17) is 0 Å². The highest BCUT2D eigenvalue weighted by molar-refractivity contribution is 5.78. The standard InChI is InChI=1S/C7H13NO.H2/c1-6(9)7-2-4-8-5-3-7;/h7-8H,2-5H2,1H3;1H. The predicted octanol–water partition coefficient (Wildman–Crippen LogP) is 0.821. The summed E-state index contributed by atoms with van der Waals surface area (Å²) in [6.07, 6.45) is 2.07. The van der Waals surface area contributed by atoms with Crippen LogP contribution in [0.2, 0.25) is 0 Å². The first-order chi connectivity index (χ1) is 4.30. The van der Waals surface area contributed by atoms with Crippen LogP contribution in [0.3, 0.4) is 0 Å². The van der Waals surface area contributed by atoms with Gasteiger partial charge in [-0.2, -0.15) is 0 Å². The van der Waals surface area contributed by atoms with Crippen molar-refractivity contribution in [3.05, 3.63) is 0 Å². The Labute approximate surface area is 57.1 Å². The van der Waals surface area contributed by atoms with Gasteiger partial charge in [-0.05, 0) is 32.9 Å². The molecule has 0 amide bonds. The lowest BCUT2D eigenvalue weighted by molar-refractivity contribution is -0.121. The molecule has 0 aromatic carbocycles. The first-order valence-corrected chi connectivity index (χ1v) is 3.52. The second kappa shape index (κ2) is 2.97. The second-order valence-corrected chi connectivity index (χ2v) is 2.63. The zero-order valence-corrected chi connectivity index (χ0v) is 5.81. The molecule has 1 aliphatic heterocycles. The summed E-state index contributed by atoms with van der Waals surface area (Å²) in [5.41, 5.74) is 0. The van der Waals surface area contributed by atoms with Crippen molar-refractivity contribution in [2.45, 2.75) is 19.8 Å². The number of rotatable bonds is 1. The van der Waals surface area contributed by atoms with E-state index < -0.39 is 0 Å². The predicted molar refractivity (Wildman–Crippen MR) is 38.4 cm³/mol. The molecule has 0 bridgehead atoms. The molecule has 0 saturated carbocycles. The van der Waals surface area contributed by atoms with Crippen molar-refractivity contribution in [3.8, 4) is 0 Å². The number of hydrogen-bond acceptors (Lipinski definition) is 2. The van der Waals surface area contributed by atoms with Crippen molar-refractivity contribution in [2.24, 2.45) is 5.92 Å². The third-order valence-corrected chi connectivity index (χ3v) is 1.91. The topological polar surface area (TPSA) is 29.1 Å². The molecule has 9 heavy (non-hydrogen) atoms. The third-order valence-electron chi connectivity index (χ3n) is 1.91. The molecule has 0 radical (unpaired) electrons. The lowest BCUT2D eigenvalue weighted by Crippen LogP contribution is -2.30. The Morgan fingerprint density at radius 3 is 2.44 bits per heavy atom. The molecule has 2 nitrogen and oxygen atoms in total. The Bertz CT molecular complexity index is 110. The highest BCUT2D eigenvalue weighted by Gasteiger charge is 2.16. The molecular weight excluding hydrogens is 114 g/mol. The lowest BCUT2D eigenvalue weighted by atomic mass is 9.95. The van der Waals surface area contributed by atoms with Gasteiger partial charge in [-0.25, -0.2) is 0 Å². The Kier molecular flexibility index (Phi) is 2.22. The quantitative estimate of drug-likeness (QED) is 0.568. The summed E-state index contributed by atoms with van der Waals surface area (Å²) < 4.78 is 0. The van der Waals surface area contributed by atoms with Gasteiger partial charge in [-0.15, -0.1) is 0 Å². The summed E-state index contributed by atoms with van der Waals surface area (Å²) in [4.78, 5) is 10.8. The number of piperidine rings is 1. The van der Waals surface area contributed by atoms with Crippen LogP contribution in [0, 0.1) is 5.92 Å². The van der Waals surface area contributed by atoms with E-state index in [1.54, 1.807) is 6.92 Å². The number of carbonyl (C=O) groups is 1. The normalized spacial score (nSPS) is 21.9. The van der Waals surface area contributed by atoms with Crippen molar-refractivity contribution >= 4 is 5.78 Å². The molecule has 0 spiro atoms. The molecular formula is C7H15NO. The van der Waals surface area contributed by atoms with Crippen LogP contribution in [0.1, 0.15) is 21.2 Å². The molecule has 1 rings (SSSR count). The van der Waals surface area contributed by atoms with Crippen molar-refractivity contribution in [1.82, 2.24) is 5.32 Å². The number of hydrogen-bond donors (Lipinski definition) is 1. The maximum Gasteiger partial charge on any atom is 0.133 e. The van der Waals surface area contributed by atoms with Crippen LogP contribution in [0.4, 0.5) is 0 Å². The van der Waals surface area contributed by atoms with Gasteiger partial charge < -0.3 is 5.32 Å². The fourth-order valence-corrected chi connectivity index (χ4v) is 1.23. The molecule has 0 aromatic heterocycles. The van der Waals surface area contributed by atoms with E-state index in [9.17, 15) is 4.79 Å². The van der Waals surface area contributed by atoms with E-state index in [-0.39, 0.29) is 1.43 Å². The highest BCUT2D eigenvalue weighted by atomic mass is 16.1. The van der Waals surface area contributed by atoms with Gasteiger partial charge in [0, 0.05) is 7.34 Å². The van der Waals surface area contributed by atoms with Crippen molar-refractivity contribution in [2.75, 3.05) is 13.1 Å². The summed E-state index contributed by atoms with van der Waals surface area (Å²) in [6, 6.07) is 0. The van der Waals surface area contributed by atoms with E-state index in [1.165, 1.54) is 0 Å².